The van der Waals surface area contributed by atoms with Crippen LogP contribution in [0.1, 0.15) is 271 Å². The van der Waals surface area contributed by atoms with E-state index in [1.54, 1.807) is 11.3 Å². The van der Waals surface area contributed by atoms with Crippen molar-refractivity contribution in [1.29, 1.82) is 0 Å². The van der Waals surface area contributed by atoms with Gasteiger partial charge in [0.25, 0.3) is 0 Å². The highest BCUT2D eigenvalue weighted by Crippen LogP contribution is 2.66. The Hall–Kier alpha value is -4.92. The molecule has 0 N–H and O–H groups in total. The van der Waals surface area contributed by atoms with Gasteiger partial charge in [-0.3, -0.25) is 19.2 Å². The summed E-state index contributed by atoms with van der Waals surface area (Å²) in [4.78, 5) is 63.6. The molecule has 4 aromatic heterocycles. The van der Waals surface area contributed by atoms with Crippen molar-refractivity contribution in [2.45, 2.75) is 275 Å². The monoisotopic (exact) mass is 1470 g/mol. The number of hydrogen-bond donors (Lipinski definition) is 0. The average Bonchev–Trinajstić information content (AvgIpc) is 1.58. The van der Waals surface area contributed by atoms with Crippen LogP contribution in [0, 0.1) is 48.3 Å². The molecule has 0 fully saturated rings. The van der Waals surface area contributed by atoms with Gasteiger partial charge in [0.2, 0.25) is 0 Å². The van der Waals surface area contributed by atoms with E-state index in [1.165, 1.54) is 72.5 Å². The Kier molecular flexibility index (Phi) is 34.0. The van der Waals surface area contributed by atoms with Crippen molar-refractivity contribution in [1.82, 2.24) is 0 Å². The van der Waals surface area contributed by atoms with Crippen LogP contribution in [0.3, 0.4) is 0 Å². The second-order valence-electron chi connectivity index (χ2n) is 28.8. The number of unbranched alkanes of at least 4 members (excludes halogenated alkanes) is 18. The smallest absolute Gasteiger partial charge is 0.308 e. The van der Waals surface area contributed by atoms with Crippen LogP contribution in [-0.4, -0.2) is 103 Å². The van der Waals surface area contributed by atoms with Crippen LogP contribution >= 0.6 is 45.3 Å². The number of ether oxygens (including phenoxy) is 12. The molecule has 4 aliphatic heterocycles. The fraction of sp³-hybridized carbons (Fsp3) is 0.750. The summed E-state index contributed by atoms with van der Waals surface area (Å²) < 4.78 is 80.3. The molecule has 20 heteroatoms. The summed E-state index contributed by atoms with van der Waals surface area (Å²) >= 11 is 6.11. The highest BCUT2D eigenvalue weighted by molar-refractivity contribution is 7.29. The van der Waals surface area contributed by atoms with Gasteiger partial charge in [-0.15, -0.1) is 45.3 Å². The van der Waals surface area contributed by atoms with Crippen molar-refractivity contribution in [3.63, 3.8) is 0 Å². The van der Waals surface area contributed by atoms with Gasteiger partial charge in [0.05, 0.1) is 52.9 Å². The quantitative estimate of drug-likeness (QED) is 0.0231. The van der Waals surface area contributed by atoms with E-state index in [0.717, 1.165) is 193 Å². The zero-order chi connectivity index (χ0) is 71.3. The van der Waals surface area contributed by atoms with E-state index >= 15 is 0 Å². The van der Waals surface area contributed by atoms with E-state index in [0.29, 0.717) is 85.3 Å². The van der Waals surface area contributed by atoms with Gasteiger partial charge < -0.3 is 56.8 Å². The van der Waals surface area contributed by atoms with Gasteiger partial charge in [0.1, 0.15) is 90.1 Å². The molecule has 0 aromatic carbocycles. The SMILES string of the molecule is CCCCCCCCC(CCCCCC)C(=O)OCC1(COC(=O)C(CCCCCC)CCCCCCCC)COc2c(-c3sc(C)c4c3OCCO4)sc(-c3sc(-c4sc(C)c5c4OCC(COC(=O)C(CC)CCCC)(COC(=O)C(CC)CCCC)CO5)c4c3OCCO4)c2OC1. The van der Waals surface area contributed by atoms with Gasteiger partial charge in [-0.2, -0.15) is 0 Å². The van der Waals surface area contributed by atoms with Gasteiger partial charge in [-0.1, -0.05) is 209 Å². The maximum Gasteiger partial charge on any atom is 0.308 e. The summed E-state index contributed by atoms with van der Waals surface area (Å²) in [5, 5.41) is 0. The lowest BCUT2D eigenvalue weighted by atomic mass is 9.91. The molecule has 8 rings (SSSR count). The van der Waals surface area contributed by atoms with Crippen molar-refractivity contribution in [2.24, 2.45) is 34.5 Å². The van der Waals surface area contributed by atoms with Crippen LogP contribution in [0.15, 0.2) is 0 Å². The fourth-order valence-corrected chi connectivity index (χ4v) is 18.6. The van der Waals surface area contributed by atoms with Crippen molar-refractivity contribution in [3.05, 3.63) is 9.75 Å². The molecule has 0 radical (unpaired) electrons. The highest BCUT2D eigenvalue weighted by atomic mass is 32.1. The number of esters is 4. The average molecular weight is 1470 g/mol. The Morgan fingerprint density at radius 3 is 0.860 bits per heavy atom. The zero-order valence-electron chi connectivity index (χ0n) is 62.6. The minimum Gasteiger partial charge on any atom is -0.488 e. The molecule has 0 saturated heterocycles. The molecule has 4 aromatic rings. The number of fused-ring (bicyclic) bond motifs is 4. The number of aryl methyl sites for hydroxylation is 2. The van der Waals surface area contributed by atoms with Gasteiger partial charge in [-0.05, 0) is 65.2 Å². The first-order chi connectivity index (χ1) is 48.7. The third-order valence-corrected chi connectivity index (χ3v) is 25.3. The van der Waals surface area contributed by atoms with Gasteiger partial charge in [0.15, 0.2) is 46.0 Å². The first kappa shape index (κ1) is 80.8. The van der Waals surface area contributed by atoms with Gasteiger partial charge in [-0.25, -0.2) is 0 Å². The number of rotatable bonds is 47. The van der Waals surface area contributed by atoms with Crippen LogP contribution in [0.2, 0.25) is 0 Å². The molecule has 8 heterocycles. The van der Waals surface area contributed by atoms with E-state index in [2.05, 4.69) is 41.5 Å². The molecule has 4 aliphatic rings. The second-order valence-corrected chi connectivity index (χ2v) is 33.3. The summed E-state index contributed by atoms with van der Waals surface area (Å²) in [6.45, 7) is 22.4. The second kappa shape index (κ2) is 42.1. The molecule has 0 spiro atoms. The lowest BCUT2D eigenvalue weighted by Crippen LogP contribution is -2.44. The Morgan fingerprint density at radius 1 is 0.300 bits per heavy atom. The predicted molar refractivity (Wildman–Crippen MR) is 403 cm³/mol. The lowest BCUT2D eigenvalue weighted by molar-refractivity contribution is -0.164. The molecular formula is C80H122O16S4. The molecule has 0 bridgehead atoms. The minimum atomic E-state index is -1.12. The van der Waals surface area contributed by atoms with E-state index in [4.69, 9.17) is 56.8 Å². The Morgan fingerprint density at radius 2 is 0.530 bits per heavy atom. The first-order valence-corrected chi connectivity index (χ1v) is 42.3. The zero-order valence-corrected chi connectivity index (χ0v) is 65.9. The maximum absolute atomic E-state index is 14.8. The predicted octanol–water partition coefficient (Wildman–Crippen LogP) is 21.9. The van der Waals surface area contributed by atoms with Crippen LogP contribution in [-0.2, 0) is 38.1 Å². The van der Waals surface area contributed by atoms with Crippen LogP contribution in [0.4, 0.5) is 0 Å². The normalized spacial score (nSPS) is 18.1. The molecule has 4 unspecified atom stereocenters. The summed E-state index contributed by atoms with van der Waals surface area (Å²) in [6, 6.07) is 0. The molecule has 562 valence electrons. The fourth-order valence-electron chi connectivity index (χ4n) is 13.8. The molecule has 0 amide bonds. The molecule has 0 aliphatic carbocycles. The first-order valence-electron chi connectivity index (χ1n) is 39.0. The van der Waals surface area contributed by atoms with E-state index < -0.39 is 10.8 Å². The Balaban J connectivity index is 1.17. The van der Waals surface area contributed by atoms with Gasteiger partial charge in [0, 0.05) is 9.75 Å². The minimum absolute atomic E-state index is 0.00471. The van der Waals surface area contributed by atoms with E-state index in [-0.39, 0.29) is 100 Å². The third kappa shape index (κ3) is 22.1. The number of thiophene rings is 4. The van der Waals surface area contributed by atoms with Crippen molar-refractivity contribution < 1.29 is 76.0 Å². The molecule has 0 saturated carbocycles. The van der Waals surface area contributed by atoms with Crippen molar-refractivity contribution in [3.8, 4) is 75.3 Å². The summed E-state index contributed by atoms with van der Waals surface area (Å²) in [7, 11) is 0. The van der Waals surface area contributed by atoms with Crippen LogP contribution in [0.25, 0.3) is 29.3 Å². The highest BCUT2D eigenvalue weighted by Gasteiger charge is 2.46. The summed E-state index contributed by atoms with van der Waals surface area (Å²) in [5.74, 6) is 2.47. The molecular weight excluding hydrogens is 1350 g/mol. The Labute approximate surface area is 615 Å². The summed E-state index contributed by atoms with van der Waals surface area (Å²) in [5.41, 5.74) is -2.15. The maximum atomic E-state index is 14.8. The third-order valence-electron chi connectivity index (χ3n) is 20.3. The molecule has 100 heavy (non-hydrogen) atoms. The van der Waals surface area contributed by atoms with Crippen molar-refractivity contribution in [2.75, 3.05) is 79.3 Å². The van der Waals surface area contributed by atoms with E-state index in [1.807, 2.05) is 27.7 Å². The number of carbonyl (C=O) groups is 4. The molecule has 16 nitrogen and oxygen atoms in total. The largest absolute Gasteiger partial charge is 0.488 e. The topological polar surface area (TPSA) is 179 Å². The van der Waals surface area contributed by atoms with Crippen LogP contribution in [0.5, 0.6) is 46.0 Å². The Bertz CT molecular complexity index is 3060. The lowest BCUT2D eigenvalue weighted by Gasteiger charge is -2.31. The van der Waals surface area contributed by atoms with Crippen molar-refractivity contribution >= 4 is 69.2 Å². The number of carbonyl (C=O) groups excluding carboxylic acids is 4. The molecule has 4 atom stereocenters. The van der Waals surface area contributed by atoms with E-state index in [9.17, 15) is 19.2 Å². The standard InChI is InChI=1S/C80H122O16S4/c1-11-19-25-29-31-35-41-59(39-33-27-21-13-3)77(83)95-53-80(54-96-78(84)60(40-34-28-22-14-4)42-36-32-30-26-20-12-2)49-91-67-68(92-50-80)74(100-73(67)69-63-61(55(9)97-69)85-43-44-86-63)72-66-65(87-45-46-88-66)71(99-72)70-64-62(56(10)98-70)89-47-79(48-90-64,51-93-75(81)57(17-7)37-23-15-5)52-94-76(82)58(18-8)38-24-16-6/h57-60H,11-54H2,1-10H3. The summed E-state index contributed by atoms with van der Waals surface area (Å²) in [6.07, 6.45) is 31.7. The van der Waals surface area contributed by atoms with Gasteiger partial charge >= 0.3 is 23.9 Å². The van der Waals surface area contributed by atoms with Crippen LogP contribution < -0.4 is 37.9 Å². The number of hydrogen-bond acceptors (Lipinski definition) is 20.